The highest BCUT2D eigenvalue weighted by atomic mass is 16.5. The molecule has 0 N–H and O–H groups in total. The molecule has 3 heteroatoms. The molecule has 3 nitrogen and oxygen atoms in total. The Bertz CT molecular complexity index is 2370. The van der Waals surface area contributed by atoms with Crippen LogP contribution in [0.2, 0.25) is 0 Å². The van der Waals surface area contributed by atoms with Gasteiger partial charge in [-0.05, 0) is 59.2 Å². The van der Waals surface area contributed by atoms with Crippen molar-refractivity contribution < 1.29 is 13.6 Å². The molecule has 0 amide bonds. The number of hydrogen-bond acceptors (Lipinski definition) is 3. The van der Waals surface area contributed by atoms with Gasteiger partial charge in [-0.15, -0.1) is 0 Å². The fourth-order valence-electron chi connectivity index (χ4n) is 6.74. The Morgan fingerprint density at radius 3 is 1.98 bits per heavy atom. The Morgan fingerprint density at radius 2 is 1.10 bits per heavy atom. The lowest BCUT2D eigenvalue weighted by atomic mass is 9.75. The highest BCUT2D eigenvalue weighted by molar-refractivity contribution is 6.11. The van der Waals surface area contributed by atoms with Gasteiger partial charge in [0.15, 0.2) is 0 Å². The van der Waals surface area contributed by atoms with Gasteiger partial charge < -0.3 is 13.6 Å². The predicted molar refractivity (Wildman–Crippen MR) is 171 cm³/mol. The van der Waals surface area contributed by atoms with Crippen molar-refractivity contribution in [1.29, 1.82) is 0 Å². The highest BCUT2D eigenvalue weighted by Crippen LogP contribution is 2.49. The minimum atomic E-state index is -0.129. The zero-order valence-electron chi connectivity index (χ0n) is 23.3. The van der Waals surface area contributed by atoms with Crippen LogP contribution in [0.15, 0.2) is 130 Å². The van der Waals surface area contributed by atoms with Crippen molar-refractivity contribution in [2.45, 2.75) is 19.3 Å². The molecule has 0 saturated carbocycles. The summed E-state index contributed by atoms with van der Waals surface area (Å²) < 4.78 is 19.2. The van der Waals surface area contributed by atoms with Gasteiger partial charge in [0.25, 0.3) is 0 Å². The smallest absolute Gasteiger partial charge is 0.143 e. The fourth-order valence-corrected chi connectivity index (χ4v) is 6.74. The van der Waals surface area contributed by atoms with E-state index < -0.39 is 0 Å². The number of rotatable bonds is 2. The van der Waals surface area contributed by atoms with Crippen molar-refractivity contribution in [2.24, 2.45) is 0 Å². The van der Waals surface area contributed by atoms with E-state index in [2.05, 4.69) is 117 Å². The Balaban J connectivity index is 1.13. The normalized spacial score (nSPS) is 13.9. The maximum Gasteiger partial charge on any atom is 0.143 e. The van der Waals surface area contributed by atoms with Crippen LogP contribution >= 0.6 is 0 Å². The summed E-state index contributed by atoms with van der Waals surface area (Å²) in [6, 6.07) is 42.3. The predicted octanol–water partition coefficient (Wildman–Crippen LogP) is 11.3. The largest absolute Gasteiger partial charge is 0.457 e. The zero-order chi connectivity index (χ0) is 28.0. The summed E-state index contributed by atoms with van der Waals surface area (Å²) in [4.78, 5) is 0. The van der Waals surface area contributed by atoms with Crippen LogP contribution < -0.4 is 4.74 Å². The molecule has 2 aromatic heterocycles. The number of furan rings is 2. The second-order valence-electron chi connectivity index (χ2n) is 11.7. The minimum absolute atomic E-state index is 0.129. The van der Waals surface area contributed by atoms with Crippen LogP contribution in [0, 0.1) is 0 Å². The minimum Gasteiger partial charge on any atom is -0.457 e. The van der Waals surface area contributed by atoms with E-state index in [0.717, 1.165) is 77.6 Å². The molecule has 9 rings (SSSR count). The number of ether oxygens (including phenoxy) is 1. The van der Waals surface area contributed by atoms with Crippen LogP contribution in [0.5, 0.6) is 11.5 Å². The summed E-state index contributed by atoms with van der Waals surface area (Å²) in [5.74, 6) is 1.83. The Hall–Kier alpha value is -5.28. The third-order valence-corrected chi connectivity index (χ3v) is 8.96. The molecule has 0 atom stereocenters. The first-order chi connectivity index (χ1) is 20.5. The van der Waals surface area contributed by atoms with Gasteiger partial charge in [-0.25, -0.2) is 0 Å². The lowest BCUT2D eigenvalue weighted by molar-refractivity contribution is 0.418. The van der Waals surface area contributed by atoms with Crippen LogP contribution in [0.25, 0.3) is 66.1 Å². The molecule has 1 aliphatic heterocycles. The van der Waals surface area contributed by atoms with E-state index in [9.17, 15) is 0 Å². The van der Waals surface area contributed by atoms with E-state index in [-0.39, 0.29) is 5.41 Å². The standard InChI is InChI=1S/C39H26O3/c1-39(2)31-11-4-6-13-34(31)40-37-21-24(16-19-32(37)39)23-14-17-28-29-18-15-25(22-36(29)41-35(28)20-23)26-9-7-10-30-27-8-3-5-12-33(27)42-38(26)30/h3-22H,1-2H3. The van der Waals surface area contributed by atoms with E-state index in [1.54, 1.807) is 0 Å². The van der Waals surface area contributed by atoms with E-state index in [1.807, 2.05) is 18.2 Å². The molecule has 8 aromatic rings. The third-order valence-electron chi connectivity index (χ3n) is 8.96. The molecule has 0 fully saturated rings. The van der Waals surface area contributed by atoms with Crippen LogP contribution in [0.3, 0.4) is 0 Å². The summed E-state index contributed by atoms with van der Waals surface area (Å²) >= 11 is 0. The number of para-hydroxylation sites is 3. The van der Waals surface area contributed by atoms with Gasteiger partial charge in [-0.2, -0.15) is 0 Å². The van der Waals surface area contributed by atoms with Gasteiger partial charge in [0, 0.05) is 43.7 Å². The quantitative estimate of drug-likeness (QED) is 0.218. The maximum atomic E-state index is 6.48. The summed E-state index contributed by atoms with van der Waals surface area (Å²) in [5.41, 5.74) is 10.1. The molecule has 0 bridgehead atoms. The highest BCUT2D eigenvalue weighted by Gasteiger charge is 2.34. The average Bonchev–Trinajstić information content (AvgIpc) is 3.58. The lowest BCUT2D eigenvalue weighted by Crippen LogP contribution is -2.24. The molecule has 0 unspecified atom stereocenters. The Kier molecular flexibility index (Phi) is 4.67. The van der Waals surface area contributed by atoms with Crippen LogP contribution in [-0.4, -0.2) is 0 Å². The molecular formula is C39H26O3. The van der Waals surface area contributed by atoms with E-state index in [4.69, 9.17) is 13.6 Å². The van der Waals surface area contributed by atoms with Gasteiger partial charge >= 0.3 is 0 Å². The van der Waals surface area contributed by atoms with Crippen LogP contribution in [0.4, 0.5) is 0 Å². The number of fused-ring (bicyclic) bond motifs is 8. The molecule has 1 aliphatic rings. The van der Waals surface area contributed by atoms with Crippen molar-refractivity contribution in [3.05, 3.63) is 132 Å². The van der Waals surface area contributed by atoms with Crippen molar-refractivity contribution in [1.82, 2.24) is 0 Å². The van der Waals surface area contributed by atoms with E-state index >= 15 is 0 Å². The van der Waals surface area contributed by atoms with Crippen molar-refractivity contribution in [3.8, 4) is 33.8 Å². The van der Waals surface area contributed by atoms with Gasteiger partial charge in [0.2, 0.25) is 0 Å². The monoisotopic (exact) mass is 542 g/mol. The molecule has 3 heterocycles. The zero-order valence-corrected chi connectivity index (χ0v) is 23.3. The third kappa shape index (κ3) is 3.28. The summed E-state index contributed by atoms with van der Waals surface area (Å²) in [6.07, 6.45) is 0. The summed E-state index contributed by atoms with van der Waals surface area (Å²) in [7, 11) is 0. The topological polar surface area (TPSA) is 35.5 Å². The van der Waals surface area contributed by atoms with Crippen LogP contribution in [0.1, 0.15) is 25.0 Å². The van der Waals surface area contributed by atoms with E-state index in [1.165, 1.54) is 11.1 Å². The first-order valence-corrected chi connectivity index (χ1v) is 14.3. The molecule has 0 spiro atoms. The Morgan fingerprint density at radius 1 is 0.452 bits per heavy atom. The summed E-state index contributed by atoms with van der Waals surface area (Å²) in [6.45, 7) is 4.52. The fraction of sp³-hybridized carbons (Fsp3) is 0.0769. The SMILES string of the molecule is CC1(C)c2ccccc2Oc2cc(-c3ccc4c(c3)oc3cc(-c5cccc6c5oc5ccccc56)ccc34)ccc21. The molecule has 0 aliphatic carbocycles. The second-order valence-corrected chi connectivity index (χ2v) is 11.7. The molecule has 200 valence electrons. The first-order valence-electron chi connectivity index (χ1n) is 14.3. The van der Waals surface area contributed by atoms with E-state index in [0.29, 0.717) is 0 Å². The maximum absolute atomic E-state index is 6.48. The van der Waals surface area contributed by atoms with Gasteiger partial charge in [-0.3, -0.25) is 0 Å². The first kappa shape index (κ1) is 23.4. The molecule has 42 heavy (non-hydrogen) atoms. The number of hydrogen-bond donors (Lipinski definition) is 0. The van der Waals surface area contributed by atoms with Crippen molar-refractivity contribution in [2.75, 3.05) is 0 Å². The second kappa shape index (κ2) is 8.37. The molecule has 0 saturated heterocycles. The van der Waals surface area contributed by atoms with Crippen molar-refractivity contribution >= 4 is 43.9 Å². The van der Waals surface area contributed by atoms with Gasteiger partial charge in [-0.1, -0.05) is 92.7 Å². The molecular weight excluding hydrogens is 516 g/mol. The molecule has 0 radical (unpaired) electrons. The lowest BCUT2D eigenvalue weighted by Gasteiger charge is -2.34. The van der Waals surface area contributed by atoms with Crippen molar-refractivity contribution in [3.63, 3.8) is 0 Å². The number of benzene rings is 6. The summed E-state index contributed by atoms with van der Waals surface area (Å²) in [5, 5.41) is 4.46. The molecule has 6 aromatic carbocycles. The average molecular weight is 543 g/mol. The Labute approximate surface area is 242 Å². The van der Waals surface area contributed by atoms with Crippen LogP contribution in [-0.2, 0) is 5.41 Å². The van der Waals surface area contributed by atoms with Gasteiger partial charge in [0.1, 0.15) is 33.8 Å². The van der Waals surface area contributed by atoms with Gasteiger partial charge in [0.05, 0.1) is 0 Å².